The Morgan fingerprint density at radius 1 is 1.02 bits per heavy atom. The Balaban J connectivity index is 1.29. The molecule has 2 heterocycles. The molecule has 1 aliphatic heterocycles. The highest BCUT2D eigenvalue weighted by molar-refractivity contribution is 6.02. The highest BCUT2D eigenvalue weighted by Crippen LogP contribution is 2.34. The van der Waals surface area contributed by atoms with E-state index >= 15 is 0 Å². The average molecular weight is 559 g/mol. The molecule has 0 aliphatic carbocycles. The Labute approximate surface area is 236 Å². The van der Waals surface area contributed by atoms with Crippen molar-refractivity contribution in [2.75, 3.05) is 57.1 Å². The Morgan fingerprint density at radius 3 is 2.59 bits per heavy atom. The van der Waals surface area contributed by atoms with Crippen LogP contribution in [0.2, 0.25) is 0 Å². The van der Waals surface area contributed by atoms with Crippen LogP contribution in [-0.2, 0) is 4.74 Å². The Kier molecular flexibility index (Phi) is 8.72. The van der Waals surface area contributed by atoms with Crippen LogP contribution in [0.5, 0.6) is 17.4 Å². The number of aromatic nitrogens is 2. The number of hydrogen-bond acceptors (Lipinski definition) is 9. The number of carboxylic acid groups (broad SMARTS) is 1. The number of amides is 2. The molecule has 0 unspecified atom stereocenters. The van der Waals surface area contributed by atoms with Gasteiger partial charge in [0.2, 0.25) is 11.8 Å². The van der Waals surface area contributed by atoms with Crippen LogP contribution in [-0.4, -0.2) is 78.5 Å². The van der Waals surface area contributed by atoms with Crippen LogP contribution >= 0.6 is 0 Å². The molecule has 12 nitrogen and oxygen atoms in total. The third-order valence-electron chi connectivity index (χ3n) is 6.49. The highest BCUT2D eigenvalue weighted by Gasteiger charge is 2.16. The smallest absolute Gasteiger partial charge is 0.409 e. The van der Waals surface area contributed by atoms with Gasteiger partial charge in [-0.3, -0.25) is 15.0 Å². The third-order valence-corrected chi connectivity index (χ3v) is 6.49. The fraction of sp³-hybridized carbons (Fsp3) is 0.241. The first-order valence-electron chi connectivity index (χ1n) is 13.1. The number of carbonyl (C=O) groups is 2. The summed E-state index contributed by atoms with van der Waals surface area (Å²) in [6, 6.07) is 17.4. The zero-order valence-electron chi connectivity index (χ0n) is 22.4. The van der Waals surface area contributed by atoms with Gasteiger partial charge < -0.3 is 30.0 Å². The third kappa shape index (κ3) is 6.99. The van der Waals surface area contributed by atoms with E-state index in [1.165, 1.54) is 7.11 Å². The van der Waals surface area contributed by atoms with Gasteiger partial charge in [-0.25, -0.2) is 9.78 Å². The maximum atomic E-state index is 13.0. The number of benzene rings is 3. The standard InChI is InChI=1S/C29H30N6O6/c1-39-24-8-6-19(18-22(24)27(36)30-12-13-35-14-16-40-17-15-35)32-28-31-11-10-26(34-28)41-25-9-7-23(33-29(37)38)20-4-2-3-5-21(20)25/h2-11,18,33H,12-17H2,1H3,(H,30,36)(H,37,38)(H,31,32,34). The lowest BCUT2D eigenvalue weighted by Gasteiger charge is -2.26. The van der Waals surface area contributed by atoms with Crippen molar-refractivity contribution in [1.82, 2.24) is 20.2 Å². The number of anilines is 3. The Hall–Kier alpha value is -4.94. The lowest BCUT2D eigenvalue weighted by Crippen LogP contribution is -2.41. The van der Waals surface area contributed by atoms with Gasteiger partial charge in [0.15, 0.2) is 0 Å². The van der Waals surface area contributed by atoms with Gasteiger partial charge in [-0.15, -0.1) is 0 Å². The molecule has 1 fully saturated rings. The molecule has 0 radical (unpaired) electrons. The van der Waals surface area contributed by atoms with E-state index in [-0.39, 0.29) is 17.7 Å². The number of nitrogens with zero attached hydrogens (tertiary/aromatic N) is 3. The van der Waals surface area contributed by atoms with Crippen molar-refractivity contribution in [2.45, 2.75) is 0 Å². The van der Waals surface area contributed by atoms with E-state index in [0.717, 1.165) is 19.6 Å². The van der Waals surface area contributed by atoms with E-state index in [2.05, 4.69) is 30.8 Å². The van der Waals surface area contributed by atoms with Gasteiger partial charge in [0, 0.05) is 54.9 Å². The molecule has 3 aromatic carbocycles. The molecule has 0 bridgehead atoms. The van der Waals surface area contributed by atoms with Crippen molar-refractivity contribution in [3.05, 3.63) is 72.4 Å². The summed E-state index contributed by atoms with van der Waals surface area (Å²) < 4.78 is 16.8. The Bertz CT molecular complexity index is 1540. The molecule has 0 spiro atoms. The predicted octanol–water partition coefficient (Wildman–Crippen LogP) is 4.33. The predicted molar refractivity (Wildman–Crippen MR) is 154 cm³/mol. The minimum Gasteiger partial charge on any atom is -0.496 e. The molecule has 1 aliphatic rings. The Morgan fingerprint density at radius 2 is 1.80 bits per heavy atom. The van der Waals surface area contributed by atoms with Crippen LogP contribution in [0.25, 0.3) is 10.8 Å². The van der Waals surface area contributed by atoms with Crippen molar-refractivity contribution >= 4 is 40.1 Å². The number of rotatable bonds is 10. The van der Waals surface area contributed by atoms with E-state index in [1.54, 1.807) is 48.7 Å². The van der Waals surface area contributed by atoms with Gasteiger partial charge in [-0.05, 0) is 30.3 Å². The van der Waals surface area contributed by atoms with E-state index in [4.69, 9.17) is 19.3 Å². The molecule has 12 heteroatoms. The number of carbonyl (C=O) groups excluding carboxylic acids is 1. The SMILES string of the molecule is COc1ccc(Nc2nccc(Oc3ccc(NC(=O)O)c4ccccc34)n2)cc1C(=O)NCCN1CCOCC1. The first-order valence-corrected chi connectivity index (χ1v) is 13.1. The molecule has 5 rings (SSSR count). The maximum absolute atomic E-state index is 13.0. The summed E-state index contributed by atoms with van der Waals surface area (Å²) in [4.78, 5) is 35.1. The quantitative estimate of drug-likeness (QED) is 0.222. The number of morpholine rings is 1. The molecule has 1 aromatic heterocycles. The second-order valence-corrected chi connectivity index (χ2v) is 9.16. The molecule has 2 amide bonds. The summed E-state index contributed by atoms with van der Waals surface area (Å²) in [6.45, 7) is 4.36. The number of fused-ring (bicyclic) bond motifs is 1. The lowest BCUT2D eigenvalue weighted by atomic mass is 10.1. The monoisotopic (exact) mass is 558 g/mol. The van der Waals surface area contributed by atoms with Crippen molar-refractivity contribution in [3.8, 4) is 17.4 Å². The van der Waals surface area contributed by atoms with E-state index in [1.807, 2.05) is 18.2 Å². The normalized spacial score (nSPS) is 13.4. The molecule has 0 saturated carbocycles. The number of ether oxygens (including phenoxy) is 3. The van der Waals surface area contributed by atoms with Crippen LogP contribution < -0.4 is 25.4 Å². The molecular formula is C29H30N6O6. The van der Waals surface area contributed by atoms with Gasteiger partial charge in [-0.2, -0.15) is 4.98 Å². The summed E-state index contributed by atoms with van der Waals surface area (Å²) in [6.07, 6.45) is 0.401. The molecule has 212 valence electrons. The van der Waals surface area contributed by atoms with Crippen molar-refractivity contribution in [2.24, 2.45) is 0 Å². The number of nitrogens with one attached hydrogen (secondary N) is 3. The minimum absolute atomic E-state index is 0.246. The van der Waals surface area contributed by atoms with Crippen molar-refractivity contribution in [1.29, 1.82) is 0 Å². The number of methoxy groups -OCH3 is 1. The summed E-state index contributed by atoms with van der Waals surface area (Å²) in [5, 5.41) is 19.0. The zero-order chi connectivity index (χ0) is 28.6. The highest BCUT2D eigenvalue weighted by atomic mass is 16.5. The maximum Gasteiger partial charge on any atom is 0.409 e. The summed E-state index contributed by atoms with van der Waals surface area (Å²) in [7, 11) is 1.52. The van der Waals surface area contributed by atoms with Crippen LogP contribution in [0.15, 0.2) is 66.9 Å². The second-order valence-electron chi connectivity index (χ2n) is 9.16. The molecule has 1 saturated heterocycles. The van der Waals surface area contributed by atoms with Gasteiger partial charge in [-0.1, -0.05) is 24.3 Å². The second kappa shape index (κ2) is 12.9. The molecule has 4 N–H and O–H groups in total. The van der Waals surface area contributed by atoms with Crippen LogP contribution in [0, 0.1) is 0 Å². The summed E-state index contributed by atoms with van der Waals surface area (Å²) in [5.74, 6) is 1.25. The molecule has 41 heavy (non-hydrogen) atoms. The first-order chi connectivity index (χ1) is 20.0. The minimum atomic E-state index is -1.15. The van der Waals surface area contributed by atoms with Crippen molar-refractivity contribution in [3.63, 3.8) is 0 Å². The zero-order valence-corrected chi connectivity index (χ0v) is 22.4. The van der Waals surface area contributed by atoms with Gasteiger partial charge in [0.05, 0.1) is 31.6 Å². The molecular weight excluding hydrogens is 528 g/mol. The fourth-order valence-electron chi connectivity index (χ4n) is 4.50. The molecule has 4 aromatic rings. The van der Waals surface area contributed by atoms with Gasteiger partial charge in [0.25, 0.3) is 5.91 Å². The fourth-order valence-corrected chi connectivity index (χ4v) is 4.50. The van der Waals surface area contributed by atoms with Crippen LogP contribution in [0.1, 0.15) is 10.4 Å². The van der Waals surface area contributed by atoms with Gasteiger partial charge >= 0.3 is 6.09 Å². The van der Waals surface area contributed by atoms with E-state index in [0.29, 0.717) is 59.0 Å². The topological polar surface area (TPSA) is 147 Å². The van der Waals surface area contributed by atoms with Crippen molar-refractivity contribution < 1.29 is 28.9 Å². The lowest BCUT2D eigenvalue weighted by molar-refractivity contribution is 0.0383. The van der Waals surface area contributed by atoms with Gasteiger partial charge in [0.1, 0.15) is 11.5 Å². The number of hydrogen-bond donors (Lipinski definition) is 4. The first kappa shape index (κ1) is 27.6. The van der Waals surface area contributed by atoms with Crippen LogP contribution in [0.4, 0.5) is 22.1 Å². The van der Waals surface area contributed by atoms with Crippen LogP contribution in [0.3, 0.4) is 0 Å². The summed E-state index contributed by atoms with van der Waals surface area (Å²) >= 11 is 0. The largest absolute Gasteiger partial charge is 0.496 e. The van der Waals surface area contributed by atoms with E-state index in [9.17, 15) is 9.59 Å². The average Bonchev–Trinajstić information content (AvgIpc) is 2.99. The van der Waals surface area contributed by atoms with E-state index < -0.39 is 6.09 Å². The summed E-state index contributed by atoms with van der Waals surface area (Å²) in [5.41, 5.74) is 1.43. The molecule has 0 atom stereocenters.